The van der Waals surface area contributed by atoms with Crippen LogP contribution in [0.5, 0.6) is 0 Å². The Morgan fingerprint density at radius 1 is 0.833 bits per heavy atom. The van der Waals surface area contributed by atoms with Crippen LogP contribution in [0.15, 0.2) is 0 Å². The van der Waals surface area contributed by atoms with E-state index in [4.69, 9.17) is 0 Å². The summed E-state index contributed by atoms with van der Waals surface area (Å²) < 4.78 is 0. The minimum Gasteiger partial charge on any atom is -0.847 e. The molecule has 1 fully saturated rings. The van der Waals surface area contributed by atoms with Crippen LogP contribution in [0.25, 0.3) is 0 Å². The Bertz CT molecular complexity index is 204. The largest absolute Gasteiger partial charge is 1.00 e. The fraction of sp³-hybridized carbons (Fsp3) is 0.400. The molecule has 0 aliphatic heterocycles. The smallest absolute Gasteiger partial charge is 0.847 e. The van der Waals surface area contributed by atoms with Crippen LogP contribution in [0.3, 0.4) is 0 Å². The third-order valence-electron chi connectivity index (χ3n) is 1.24. The molecule has 0 N–H and O–H groups in total. The number of Topliss-reactive ketones (excluding diaryl/α,β-unsaturated/α-hetero) is 3. The maximum Gasteiger partial charge on any atom is 1.00 e. The summed E-state index contributed by atoms with van der Waals surface area (Å²) in [7, 11) is 0. The van der Waals surface area contributed by atoms with E-state index in [0.717, 1.165) is 0 Å². The van der Waals surface area contributed by atoms with E-state index in [1.807, 2.05) is 0 Å². The van der Waals surface area contributed by atoms with Crippen LogP contribution < -0.4 is 69.3 Å². The molecule has 5 nitrogen and oxygen atoms in total. The van der Waals surface area contributed by atoms with Gasteiger partial charge in [0.15, 0.2) is 11.6 Å². The van der Waals surface area contributed by atoms with Gasteiger partial charge in [0.1, 0.15) is 0 Å². The molecule has 0 aromatic carbocycles. The summed E-state index contributed by atoms with van der Waals surface area (Å²) >= 11 is 0. The predicted molar refractivity (Wildman–Crippen MR) is 22.6 cm³/mol. The van der Waals surface area contributed by atoms with Crippen LogP contribution in [0, 0.1) is 0 Å². The molecule has 12 heavy (non-hydrogen) atoms. The molecule has 0 aromatic heterocycles. The second-order valence-electron chi connectivity index (χ2n) is 1.90. The van der Waals surface area contributed by atoms with Crippen LogP contribution in [-0.2, 0) is 14.4 Å². The van der Waals surface area contributed by atoms with Crippen molar-refractivity contribution in [1.82, 2.24) is 0 Å². The Labute approximate surface area is 112 Å². The van der Waals surface area contributed by atoms with E-state index in [9.17, 15) is 24.6 Å². The Morgan fingerprint density at radius 2 is 1.08 bits per heavy atom. The molecule has 0 spiro atoms. The van der Waals surface area contributed by atoms with Crippen molar-refractivity contribution >= 4 is 17.3 Å². The quantitative estimate of drug-likeness (QED) is 0.277. The standard InChI is InChI=1S/C5H2O5.2Na/c6-1-2(7)4(9)5(10)3(1)8;;/h1-2H;;/q-2;2*+1. The van der Waals surface area contributed by atoms with E-state index >= 15 is 0 Å². The van der Waals surface area contributed by atoms with Gasteiger partial charge in [0.2, 0.25) is 0 Å². The molecule has 0 bridgehead atoms. The van der Waals surface area contributed by atoms with E-state index in [2.05, 4.69) is 0 Å². The Hall–Kier alpha value is 0.930. The van der Waals surface area contributed by atoms with E-state index in [1.165, 1.54) is 0 Å². The van der Waals surface area contributed by atoms with E-state index < -0.39 is 29.6 Å². The molecule has 2 unspecified atom stereocenters. The summed E-state index contributed by atoms with van der Waals surface area (Å²) in [6.07, 6.45) is -4.42. The first kappa shape index (κ1) is 15.4. The van der Waals surface area contributed by atoms with E-state index in [1.54, 1.807) is 0 Å². The molecule has 0 radical (unpaired) electrons. The molecule has 1 aliphatic carbocycles. The molecule has 2 atom stereocenters. The van der Waals surface area contributed by atoms with Gasteiger partial charge < -0.3 is 10.2 Å². The van der Waals surface area contributed by atoms with Crippen molar-refractivity contribution in [1.29, 1.82) is 0 Å². The molecule has 0 saturated heterocycles. The maximum atomic E-state index is 10.3. The summed E-state index contributed by atoms with van der Waals surface area (Å²) in [6.45, 7) is 0. The number of hydrogen-bond acceptors (Lipinski definition) is 5. The molecular formula is C5H2Na2O5. The Balaban J connectivity index is 0. The molecule has 0 heterocycles. The topological polar surface area (TPSA) is 97.3 Å². The van der Waals surface area contributed by atoms with Gasteiger partial charge in [-0.2, -0.15) is 0 Å². The molecule has 0 aromatic rings. The van der Waals surface area contributed by atoms with Gasteiger partial charge in [-0.1, -0.05) is 12.2 Å². The fourth-order valence-electron chi connectivity index (χ4n) is 0.655. The van der Waals surface area contributed by atoms with Crippen LogP contribution in [-0.4, -0.2) is 29.6 Å². The molecular weight excluding hydrogens is 186 g/mol. The summed E-state index contributed by atoms with van der Waals surface area (Å²) in [5.74, 6) is -4.24. The van der Waals surface area contributed by atoms with Crippen LogP contribution in [0.4, 0.5) is 0 Å². The zero-order valence-electron chi connectivity index (χ0n) is 6.70. The second-order valence-corrected chi connectivity index (χ2v) is 1.90. The van der Waals surface area contributed by atoms with Crippen molar-refractivity contribution in [2.24, 2.45) is 0 Å². The maximum absolute atomic E-state index is 10.3. The van der Waals surface area contributed by atoms with Crippen molar-refractivity contribution in [3.8, 4) is 0 Å². The molecule has 1 saturated carbocycles. The fourth-order valence-corrected chi connectivity index (χ4v) is 0.655. The number of rotatable bonds is 0. The van der Waals surface area contributed by atoms with E-state index in [-0.39, 0.29) is 59.1 Å². The van der Waals surface area contributed by atoms with Crippen LogP contribution >= 0.6 is 0 Å². The van der Waals surface area contributed by atoms with Crippen LogP contribution in [0.2, 0.25) is 0 Å². The first-order valence-corrected chi connectivity index (χ1v) is 2.49. The number of carbonyl (C=O) groups is 3. The second kappa shape index (κ2) is 5.62. The van der Waals surface area contributed by atoms with Crippen molar-refractivity contribution in [2.75, 3.05) is 0 Å². The van der Waals surface area contributed by atoms with Crippen molar-refractivity contribution in [2.45, 2.75) is 12.2 Å². The molecule has 1 aliphatic rings. The predicted octanol–water partition coefficient (Wildman–Crippen LogP) is -9.83. The van der Waals surface area contributed by atoms with Gasteiger partial charge in [0.05, 0.1) is 0 Å². The minimum atomic E-state index is -2.21. The van der Waals surface area contributed by atoms with Gasteiger partial charge in [-0.15, -0.1) is 0 Å². The molecule has 0 amide bonds. The van der Waals surface area contributed by atoms with E-state index in [0.29, 0.717) is 0 Å². The van der Waals surface area contributed by atoms with Gasteiger partial charge in [0.25, 0.3) is 5.78 Å². The van der Waals surface area contributed by atoms with Crippen molar-refractivity contribution < 1.29 is 83.7 Å². The number of ketones is 3. The van der Waals surface area contributed by atoms with Gasteiger partial charge >= 0.3 is 59.1 Å². The molecule has 1 rings (SSSR count). The number of hydrogen-bond donors (Lipinski definition) is 0. The zero-order chi connectivity index (χ0) is 7.89. The third kappa shape index (κ3) is 2.46. The Kier molecular flexibility index (Phi) is 7.21. The average molecular weight is 188 g/mol. The first-order chi connectivity index (χ1) is 4.55. The summed E-state index contributed by atoms with van der Waals surface area (Å²) in [4.78, 5) is 30.7. The zero-order valence-corrected chi connectivity index (χ0v) is 10.7. The summed E-state index contributed by atoms with van der Waals surface area (Å²) in [6, 6.07) is 0. The van der Waals surface area contributed by atoms with Gasteiger partial charge in [-0.05, 0) is 0 Å². The van der Waals surface area contributed by atoms with Crippen molar-refractivity contribution in [3.05, 3.63) is 0 Å². The van der Waals surface area contributed by atoms with Gasteiger partial charge in [0, 0.05) is 0 Å². The minimum absolute atomic E-state index is 0. The average Bonchev–Trinajstić information content (AvgIpc) is 2.07. The summed E-state index contributed by atoms with van der Waals surface area (Å²) in [5, 5.41) is 20.6. The Morgan fingerprint density at radius 3 is 1.17 bits per heavy atom. The molecule has 7 heteroatoms. The third-order valence-corrected chi connectivity index (χ3v) is 1.24. The monoisotopic (exact) mass is 188 g/mol. The summed E-state index contributed by atoms with van der Waals surface area (Å²) in [5.41, 5.74) is 0. The number of carbonyl (C=O) groups excluding carboxylic acids is 3. The van der Waals surface area contributed by atoms with Crippen molar-refractivity contribution in [3.63, 3.8) is 0 Å². The van der Waals surface area contributed by atoms with Gasteiger partial charge in [-0.3, -0.25) is 14.4 Å². The SMILES string of the molecule is O=C1C(=O)C([O-])C([O-])C1=O.[Na+].[Na+]. The van der Waals surface area contributed by atoms with Gasteiger partial charge in [-0.25, -0.2) is 0 Å². The molecule has 54 valence electrons. The van der Waals surface area contributed by atoms with Crippen LogP contribution in [0.1, 0.15) is 0 Å². The normalized spacial score (nSPS) is 28.0. The first-order valence-electron chi connectivity index (χ1n) is 2.49.